The molecule has 0 saturated heterocycles. The Kier molecular flexibility index (Phi) is 8.13. The number of aromatic amines is 1. The lowest BCUT2D eigenvalue weighted by molar-refractivity contribution is -0.129. The predicted molar refractivity (Wildman–Crippen MR) is 133 cm³/mol. The van der Waals surface area contributed by atoms with Gasteiger partial charge >= 0.3 is 0 Å². The number of H-pyrrole nitrogens is 1. The van der Waals surface area contributed by atoms with Gasteiger partial charge in [0.25, 0.3) is 0 Å². The number of hydrogen-bond donors (Lipinski definition) is 6. The first-order valence-corrected chi connectivity index (χ1v) is 12.2. The molecule has 0 atom stereocenters. The first-order valence-electron chi connectivity index (χ1n) is 11.4. The molecule has 1 aliphatic rings. The van der Waals surface area contributed by atoms with Crippen LogP contribution in [0.2, 0.25) is 0 Å². The van der Waals surface area contributed by atoms with E-state index < -0.39 is 5.91 Å². The second-order valence-electron chi connectivity index (χ2n) is 8.31. The van der Waals surface area contributed by atoms with E-state index in [0.717, 1.165) is 29.1 Å². The van der Waals surface area contributed by atoms with E-state index in [-0.39, 0.29) is 42.8 Å². The van der Waals surface area contributed by atoms with Crippen molar-refractivity contribution in [3.8, 4) is 0 Å². The third-order valence-corrected chi connectivity index (χ3v) is 6.02. The summed E-state index contributed by atoms with van der Waals surface area (Å²) in [4.78, 5) is 45.3. The zero-order valence-corrected chi connectivity index (χ0v) is 20.3. The molecule has 1 fully saturated rings. The molecule has 0 spiro atoms. The molecule has 36 heavy (non-hydrogen) atoms. The molecule has 2 heterocycles. The van der Waals surface area contributed by atoms with Crippen LogP contribution in [0.25, 0.3) is 0 Å². The molecule has 0 bridgehead atoms. The Morgan fingerprint density at radius 1 is 1.00 bits per heavy atom. The molecule has 6 N–H and O–H groups in total. The standard InChI is InChI=1S/C23H26N8O4S/c1-13-11-19(30-29-13)25-17-12-18(26-20(32)3-2-4-21(33)31-35)28-23(27-17)36-16-9-7-15(8-10-16)24-22(34)14-5-6-14/h7-12,14,35H,2-6H2,1H3,(H,24,34)(H,31,33)(H3,25,26,27,28,29,30,32). The van der Waals surface area contributed by atoms with E-state index >= 15 is 0 Å². The van der Waals surface area contributed by atoms with E-state index in [2.05, 4.69) is 36.1 Å². The minimum Gasteiger partial charge on any atom is -0.326 e. The summed E-state index contributed by atoms with van der Waals surface area (Å²) in [6.45, 7) is 1.87. The highest BCUT2D eigenvalue weighted by atomic mass is 32.2. The zero-order chi connectivity index (χ0) is 25.5. The molecule has 12 nitrogen and oxygen atoms in total. The second-order valence-corrected chi connectivity index (χ2v) is 9.35. The molecule has 0 radical (unpaired) electrons. The van der Waals surface area contributed by atoms with Crippen LogP contribution < -0.4 is 21.4 Å². The lowest BCUT2D eigenvalue weighted by Gasteiger charge is -2.10. The quantitative estimate of drug-likeness (QED) is 0.128. The van der Waals surface area contributed by atoms with Crippen LogP contribution in [0.5, 0.6) is 0 Å². The molecule has 1 aromatic carbocycles. The molecular formula is C23H26N8O4S. The highest BCUT2D eigenvalue weighted by Crippen LogP contribution is 2.31. The summed E-state index contributed by atoms with van der Waals surface area (Å²) in [6, 6.07) is 10.8. The Balaban J connectivity index is 1.45. The van der Waals surface area contributed by atoms with E-state index in [1.54, 1.807) is 11.5 Å². The van der Waals surface area contributed by atoms with Crippen molar-refractivity contribution >= 4 is 52.6 Å². The summed E-state index contributed by atoms with van der Waals surface area (Å²) in [7, 11) is 0. The van der Waals surface area contributed by atoms with Crippen molar-refractivity contribution in [3.05, 3.63) is 42.1 Å². The maximum atomic E-state index is 12.4. The van der Waals surface area contributed by atoms with Gasteiger partial charge in [-0.25, -0.2) is 15.4 Å². The summed E-state index contributed by atoms with van der Waals surface area (Å²) in [5, 5.41) is 24.7. The number of benzene rings is 1. The molecule has 0 aliphatic heterocycles. The molecule has 2 aromatic heterocycles. The smallest absolute Gasteiger partial charge is 0.243 e. The van der Waals surface area contributed by atoms with Crippen LogP contribution in [0.3, 0.4) is 0 Å². The highest BCUT2D eigenvalue weighted by molar-refractivity contribution is 7.99. The van der Waals surface area contributed by atoms with Crippen molar-refractivity contribution in [1.82, 2.24) is 25.6 Å². The zero-order valence-electron chi connectivity index (χ0n) is 19.5. The van der Waals surface area contributed by atoms with Gasteiger partial charge in [0.05, 0.1) is 0 Å². The van der Waals surface area contributed by atoms with Gasteiger partial charge in [-0.2, -0.15) is 5.10 Å². The van der Waals surface area contributed by atoms with Crippen molar-refractivity contribution in [2.45, 2.75) is 49.1 Å². The SMILES string of the molecule is Cc1cc(Nc2cc(NC(=O)CCCC(=O)NO)nc(Sc3ccc(NC(=O)C4CC4)cc3)n2)n[nH]1. The molecule has 188 valence electrons. The van der Waals surface area contributed by atoms with E-state index in [1.807, 2.05) is 37.3 Å². The Labute approximate surface area is 211 Å². The summed E-state index contributed by atoms with van der Waals surface area (Å²) < 4.78 is 0. The number of anilines is 4. The predicted octanol–water partition coefficient (Wildman–Crippen LogP) is 3.37. The van der Waals surface area contributed by atoms with Gasteiger partial charge in [0.1, 0.15) is 11.6 Å². The highest BCUT2D eigenvalue weighted by Gasteiger charge is 2.29. The monoisotopic (exact) mass is 510 g/mol. The Hall–Kier alpha value is -3.97. The van der Waals surface area contributed by atoms with Crippen LogP contribution in [0, 0.1) is 12.8 Å². The third-order valence-electron chi connectivity index (χ3n) is 5.15. The van der Waals surface area contributed by atoms with Gasteiger partial charge < -0.3 is 16.0 Å². The van der Waals surface area contributed by atoms with Crippen LogP contribution in [-0.2, 0) is 14.4 Å². The normalized spacial score (nSPS) is 12.6. The first-order chi connectivity index (χ1) is 17.4. The van der Waals surface area contributed by atoms with Crippen LogP contribution in [0.4, 0.5) is 23.1 Å². The molecule has 13 heteroatoms. The number of aromatic nitrogens is 4. The van der Waals surface area contributed by atoms with Gasteiger partial charge in [0.2, 0.25) is 17.7 Å². The van der Waals surface area contributed by atoms with E-state index in [4.69, 9.17) is 5.21 Å². The van der Waals surface area contributed by atoms with Crippen molar-refractivity contribution in [3.63, 3.8) is 0 Å². The first kappa shape index (κ1) is 25.1. The lowest BCUT2D eigenvalue weighted by atomic mass is 10.2. The fraction of sp³-hybridized carbons (Fsp3) is 0.304. The number of aryl methyl sites for hydroxylation is 1. The largest absolute Gasteiger partial charge is 0.326 e. The fourth-order valence-electron chi connectivity index (χ4n) is 3.18. The van der Waals surface area contributed by atoms with Gasteiger partial charge in [-0.05, 0) is 62.2 Å². The Morgan fingerprint density at radius 3 is 2.39 bits per heavy atom. The topological polar surface area (TPSA) is 174 Å². The maximum absolute atomic E-state index is 12.4. The van der Waals surface area contributed by atoms with Gasteiger partial charge in [0, 0.05) is 47.2 Å². The van der Waals surface area contributed by atoms with Crippen molar-refractivity contribution in [2.24, 2.45) is 5.92 Å². The molecule has 1 aliphatic carbocycles. The molecule has 1 saturated carbocycles. The average Bonchev–Trinajstić information content (AvgIpc) is 3.62. The van der Waals surface area contributed by atoms with Crippen molar-refractivity contribution in [2.75, 3.05) is 16.0 Å². The summed E-state index contributed by atoms with van der Waals surface area (Å²) in [5.41, 5.74) is 3.14. The number of hydrogen-bond acceptors (Lipinski definition) is 9. The van der Waals surface area contributed by atoms with Gasteiger partial charge in [-0.1, -0.05) is 0 Å². The van der Waals surface area contributed by atoms with E-state index in [1.165, 1.54) is 11.8 Å². The number of carbonyl (C=O) groups excluding carboxylic acids is 3. The molecule has 0 unspecified atom stereocenters. The second kappa shape index (κ2) is 11.6. The molecule has 3 amide bonds. The Morgan fingerprint density at radius 2 is 1.72 bits per heavy atom. The number of hydroxylamine groups is 1. The van der Waals surface area contributed by atoms with E-state index in [0.29, 0.717) is 16.8 Å². The molecule has 4 rings (SSSR count). The number of amides is 3. The lowest BCUT2D eigenvalue weighted by Crippen LogP contribution is -2.19. The average molecular weight is 511 g/mol. The fourth-order valence-corrected chi connectivity index (χ4v) is 3.96. The number of rotatable bonds is 11. The molecular weight excluding hydrogens is 484 g/mol. The maximum Gasteiger partial charge on any atom is 0.243 e. The number of nitrogens with one attached hydrogen (secondary N) is 5. The van der Waals surface area contributed by atoms with Gasteiger partial charge in [0.15, 0.2) is 11.0 Å². The van der Waals surface area contributed by atoms with E-state index in [9.17, 15) is 14.4 Å². The van der Waals surface area contributed by atoms with Crippen LogP contribution in [0.15, 0.2) is 46.5 Å². The summed E-state index contributed by atoms with van der Waals surface area (Å²) in [5.74, 6) is 0.569. The number of carbonyl (C=O) groups is 3. The van der Waals surface area contributed by atoms with Gasteiger partial charge in [-0.15, -0.1) is 0 Å². The van der Waals surface area contributed by atoms with Crippen LogP contribution in [-0.4, -0.2) is 43.1 Å². The minimum absolute atomic E-state index is 0.0250. The summed E-state index contributed by atoms with van der Waals surface area (Å²) in [6.07, 6.45) is 2.26. The van der Waals surface area contributed by atoms with Gasteiger partial charge in [-0.3, -0.25) is 24.7 Å². The number of nitrogens with zero attached hydrogens (tertiary/aromatic N) is 3. The minimum atomic E-state index is -0.553. The summed E-state index contributed by atoms with van der Waals surface area (Å²) >= 11 is 1.29. The van der Waals surface area contributed by atoms with Crippen molar-refractivity contribution in [1.29, 1.82) is 0 Å². The van der Waals surface area contributed by atoms with Crippen molar-refractivity contribution < 1.29 is 19.6 Å². The Bertz CT molecular complexity index is 1240. The molecule has 3 aromatic rings. The van der Waals surface area contributed by atoms with Crippen LogP contribution >= 0.6 is 11.8 Å². The third kappa shape index (κ3) is 7.52. The van der Waals surface area contributed by atoms with Crippen LogP contribution in [0.1, 0.15) is 37.8 Å².